The van der Waals surface area contributed by atoms with Crippen molar-refractivity contribution in [3.05, 3.63) is 35.1 Å². The van der Waals surface area contributed by atoms with Crippen LogP contribution >= 0.6 is 0 Å². The zero-order chi connectivity index (χ0) is 18.7. The predicted octanol–water partition coefficient (Wildman–Crippen LogP) is 1.68. The maximum Gasteiger partial charge on any atom is 0.317 e. The summed E-state index contributed by atoms with van der Waals surface area (Å²) in [5.74, 6) is -1.85. The molecule has 26 heavy (non-hydrogen) atoms. The van der Waals surface area contributed by atoms with E-state index in [0.717, 1.165) is 18.4 Å². The zero-order valence-electron chi connectivity index (χ0n) is 14.5. The van der Waals surface area contributed by atoms with E-state index >= 15 is 0 Å². The number of benzene rings is 1. The van der Waals surface area contributed by atoms with Crippen LogP contribution in [0.25, 0.3) is 0 Å². The number of rotatable bonds is 5. The quantitative estimate of drug-likeness (QED) is 0.779. The third-order valence-corrected chi connectivity index (χ3v) is 5.29. The number of hydrogen-bond acceptors (Lipinski definition) is 4. The van der Waals surface area contributed by atoms with Gasteiger partial charge in [-0.05, 0) is 61.9 Å². The van der Waals surface area contributed by atoms with Gasteiger partial charge in [-0.3, -0.25) is 24.6 Å². The Morgan fingerprint density at radius 1 is 1.23 bits per heavy atom. The molecule has 1 atom stereocenters. The SMILES string of the molecule is O=C(O)CN1CCC(c2ccc(C[C@@H]3CCC(=O)NC3=O)cc2F)CC1. The van der Waals surface area contributed by atoms with Gasteiger partial charge in [0.05, 0.1) is 6.54 Å². The van der Waals surface area contributed by atoms with E-state index in [-0.39, 0.29) is 36.0 Å². The molecule has 0 aliphatic carbocycles. The van der Waals surface area contributed by atoms with Gasteiger partial charge in [-0.15, -0.1) is 0 Å². The predicted molar refractivity (Wildman–Crippen MR) is 92.0 cm³/mol. The number of nitrogens with one attached hydrogen (secondary N) is 1. The summed E-state index contributed by atoms with van der Waals surface area (Å²) in [6, 6.07) is 5.13. The molecule has 0 saturated carbocycles. The molecule has 1 aromatic carbocycles. The largest absolute Gasteiger partial charge is 0.480 e. The van der Waals surface area contributed by atoms with Gasteiger partial charge < -0.3 is 5.11 Å². The zero-order valence-corrected chi connectivity index (χ0v) is 14.5. The highest BCUT2D eigenvalue weighted by Gasteiger charge is 2.28. The van der Waals surface area contributed by atoms with E-state index in [9.17, 15) is 18.8 Å². The van der Waals surface area contributed by atoms with Crippen molar-refractivity contribution in [1.82, 2.24) is 10.2 Å². The third kappa shape index (κ3) is 4.46. The normalized spacial score (nSPS) is 22.3. The second-order valence-electron chi connectivity index (χ2n) is 7.15. The summed E-state index contributed by atoms with van der Waals surface area (Å²) >= 11 is 0. The number of likely N-dealkylation sites (tertiary alicyclic amines) is 1. The van der Waals surface area contributed by atoms with Crippen LogP contribution in [-0.4, -0.2) is 47.4 Å². The molecule has 1 aromatic rings. The Labute approximate surface area is 151 Å². The van der Waals surface area contributed by atoms with E-state index in [1.807, 2.05) is 11.0 Å². The van der Waals surface area contributed by atoms with Gasteiger partial charge in [-0.1, -0.05) is 12.1 Å². The second kappa shape index (κ2) is 7.95. The first-order chi connectivity index (χ1) is 12.4. The number of carboxylic acid groups (broad SMARTS) is 1. The molecule has 2 amide bonds. The van der Waals surface area contributed by atoms with Crippen LogP contribution in [0.5, 0.6) is 0 Å². The minimum absolute atomic E-state index is 0.0279. The molecule has 0 spiro atoms. The topological polar surface area (TPSA) is 86.7 Å². The molecule has 0 bridgehead atoms. The van der Waals surface area contributed by atoms with E-state index in [1.165, 1.54) is 6.07 Å². The lowest BCUT2D eigenvalue weighted by Gasteiger charge is -2.31. The molecule has 2 N–H and O–H groups in total. The lowest BCUT2D eigenvalue weighted by atomic mass is 9.86. The molecule has 140 valence electrons. The molecule has 7 heteroatoms. The molecule has 2 heterocycles. The van der Waals surface area contributed by atoms with E-state index in [4.69, 9.17) is 5.11 Å². The minimum atomic E-state index is -0.840. The number of amides is 2. The summed E-state index contributed by atoms with van der Waals surface area (Å²) in [4.78, 5) is 35.7. The number of imide groups is 1. The Morgan fingerprint density at radius 3 is 2.58 bits per heavy atom. The van der Waals surface area contributed by atoms with Crippen LogP contribution < -0.4 is 5.32 Å². The van der Waals surface area contributed by atoms with Crippen molar-refractivity contribution >= 4 is 17.8 Å². The van der Waals surface area contributed by atoms with Crippen molar-refractivity contribution in [1.29, 1.82) is 0 Å². The van der Waals surface area contributed by atoms with Crippen LogP contribution in [-0.2, 0) is 20.8 Å². The maximum absolute atomic E-state index is 14.6. The molecule has 2 fully saturated rings. The molecule has 0 aromatic heterocycles. The summed E-state index contributed by atoms with van der Waals surface area (Å²) in [5.41, 5.74) is 1.41. The van der Waals surface area contributed by atoms with Crippen LogP contribution in [0.3, 0.4) is 0 Å². The molecular formula is C19H23FN2O4. The van der Waals surface area contributed by atoms with E-state index in [2.05, 4.69) is 5.32 Å². The molecule has 2 aliphatic rings. The van der Waals surface area contributed by atoms with Gasteiger partial charge in [0.1, 0.15) is 5.82 Å². The Morgan fingerprint density at radius 2 is 1.96 bits per heavy atom. The van der Waals surface area contributed by atoms with Crippen molar-refractivity contribution < 1.29 is 23.9 Å². The molecule has 0 radical (unpaired) electrons. The average molecular weight is 362 g/mol. The van der Waals surface area contributed by atoms with E-state index < -0.39 is 5.97 Å². The molecule has 2 aliphatic heterocycles. The lowest BCUT2D eigenvalue weighted by molar-refractivity contribution is -0.139. The van der Waals surface area contributed by atoms with Gasteiger partial charge in [0.15, 0.2) is 0 Å². The lowest BCUT2D eigenvalue weighted by Crippen LogP contribution is -2.41. The number of hydrogen-bond donors (Lipinski definition) is 2. The summed E-state index contributed by atoms with van der Waals surface area (Å²) in [6.45, 7) is 1.32. The highest BCUT2D eigenvalue weighted by Crippen LogP contribution is 2.31. The molecular weight excluding hydrogens is 339 g/mol. The molecule has 0 unspecified atom stereocenters. The summed E-state index contributed by atoms with van der Waals surface area (Å²) < 4.78 is 14.6. The van der Waals surface area contributed by atoms with Crippen molar-refractivity contribution in [2.45, 2.75) is 38.0 Å². The Bertz CT molecular complexity index is 713. The van der Waals surface area contributed by atoms with E-state index in [0.29, 0.717) is 37.9 Å². The number of carbonyl (C=O) groups excluding carboxylic acids is 2. The van der Waals surface area contributed by atoms with Gasteiger partial charge in [-0.25, -0.2) is 4.39 Å². The first-order valence-corrected chi connectivity index (χ1v) is 8.98. The number of piperidine rings is 2. The summed E-state index contributed by atoms with van der Waals surface area (Å²) in [5, 5.41) is 11.2. The second-order valence-corrected chi connectivity index (χ2v) is 7.15. The third-order valence-electron chi connectivity index (χ3n) is 5.29. The number of nitrogens with zero attached hydrogens (tertiary/aromatic N) is 1. The van der Waals surface area contributed by atoms with Gasteiger partial charge in [-0.2, -0.15) is 0 Å². The Kier molecular flexibility index (Phi) is 5.66. The van der Waals surface area contributed by atoms with Gasteiger partial charge >= 0.3 is 5.97 Å². The van der Waals surface area contributed by atoms with Crippen LogP contribution in [0.4, 0.5) is 4.39 Å². The summed E-state index contributed by atoms with van der Waals surface area (Å²) in [6.07, 6.45) is 2.71. The van der Waals surface area contributed by atoms with E-state index in [1.54, 1.807) is 6.07 Å². The number of carbonyl (C=O) groups is 3. The van der Waals surface area contributed by atoms with Gasteiger partial charge in [0, 0.05) is 12.3 Å². The Hall–Kier alpha value is -2.28. The molecule has 2 saturated heterocycles. The van der Waals surface area contributed by atoms with Crippen molar-refractivity contribution in [3.63, 3.8) is 0 Å². The van der Waals surface area contributed by atoms with Crippen LogP contribution in [0.1, 0.15) is 42.7 Å². The highest BCUT2D eigenvalue weighted by atomic mass is 19.1. The van der Waals surface area contributed by atoms with Crippen LogP contribution in [0.2, 0.25) is 0 Å². The maximum atomic E-state index is 14.6. The molecule has 6 nitrogen and oxygen atoms in total. The fourth-order valence-corrected chi connectivity index (χ4v) is 3.84. The minimum Gasteiger partial charge on any atom is -0.480 e. The Balaban J connectivity index is 1.60. The summed E-state index contributed by atoms with van der Waals surface area (Å²) in [7, 11) is 0. The average Bonchev–Trinajstić information content (AvgIpc) is 2.58. The van der Waals surface area contributed by atoms with Gasteiger partial charge in [0.2, 0.25) is 11.8 Å². The fourth-order valence-electron chi connectivity index (χ4n) is 3.84. The van der Waals surface area contributed by atoms with Crippen LogP contribution in [0, 0.1) is 11.7 Å². The monoisotopic (exact) mass is 362 g/mol. The number of aliphatic carboxylic acids is 1. The smallest absolute Gasteiger partial charge is 0.317 e. The van der Waals surface area contributed by atoms with Gasteiger partial charge in [0.25, 0.3) is 0 Å². The van der Waals surface area contributed by atoms with Crippen molar-refractivity contribution in [2.75, 3.05) is 19.6 Å². The first-order valence-electron chi connectivity index (χ1n) is 8.98. The van der Waals surface area contributed by atoms with Crippen molar-refractivity contribution in [2.24, 2.45) is 5.92 Å². The number of halogens is 1. The van der Waals surface area contributed by atoms with Crippen LogP contribution in [0.15, 0.2) is 18.2 Å². The first kappa shape index (κ1) is 18.5. The number of carboxylic acids is 1. The standard InChI is InChI=1S/C19H23FN2O4/c20-16-10-12(9-14-2-4-17(23)21-19(14)26)1-3-15(16)13-5-7-22(8-6-13)11-18(24)25/h1,3,10,13-14H,2,4-9,11H2,(H,24,25)(H,21,23,26)/t14-/m0/s1. The molecule has 3 rings (SSSR count). The van der Waals surface area contributed by atoms with Crippen molar-refractivity contribution in [3.8, 4) is 0 Å². The fraction of sp³-hybridized carbons (Fsp3) is 0.526. The highest BCUT2D eigenvalue weighted by molar-refractivity contribution is 5.98.